The van der Waals surface area contributed by atoms with Gasteiger partial charge >= 0.3 is 23.9 Å². The third-order valence-electron chi connectivity index (χ3n) is 8.96. The molecule has 0 spiro atoms. The van der Waals surface area contributed by atoms with Gasteiger partial charge in [-0.15, -0.1) is 0 Å². The molecule has 6 rings (SSSR count). The summed E-state index contributed by atoms with van der Waals surface area (Å²) in [5, 5.41) is 0. The number of esters is 4. The lowest BCUT2D eigenvalue weighted by atomic mass is 10.1. The summed E-state index contributed by atoms with van der Waals surface area (Å²) in [6.07, 6.45) is 0. The Kier molecular flexibility index (Phi) is 13.1. The Morgan fingerprint density at radius 1 is 0.350 bits per heavy atom. The summed E-state index contributed by atoms with van der Waals surface area (Å²) < 4.78 is 43.5. The van der Waals surface area contributed by atoms with Gasteiger partial charge in [-0.1, -0.05) is 24.0 Å². The molecule has 0 aliphatic rings. The average molecular weight is 807 g/mol. The maximum atomic E-state index is 12.9. The van der Waals surface area contributed by atoms with E-state index in [1.807, 2.05) is 13.8 Å². The largest absolute Gasteiger partial charge is 0.493 e. The quantitative estimate of drug-likeness (QED) is 0.0664. The number of rotatable bonds is 12. The molecule has 6 aromatic rings. The van der Waals surface area contributed by atoms with Gasteiger partial charge in [0.15, 0.2) is 23.0 Å². The highest BCUT2D eigenvalue weighted by Crippen LogP contribution is 2.36. The topological polar surface area (TPSA) is 142 Å². The summed E-state index contributed by atoms with van der Waals surface area (Å²) in [6, 6.07) is 31.9. The molecule has 0 unspecified atom stereocenters. The number of carbonyl (C=O) groups is 4. The molecule has 0 radical (unpaired) electrons. The van der Waals surface area contributed by atoms with Crippen molar-refractivity contribution in [3.63, 3.8) is 0 Å². The van der Waals surface area contributed by atoms with Gasteiger partial charge in [-0.3, -0.25) is 0 Å². The van der Waals surface area contributed by atoms with Gasteiger partial charge in [-0.05, 0) is 134 Å². The van der Waals surface area contributed by atoms with E-state index < -0.39 is 23.9 Å². The predicted octanol–water partition coefficient (Wildman–Crippen LogP) is 8.61. The lowest BCUT2D eigenvalue weighted by Gasteiger charge is -2.14. The van der Waals surface area contributed by atoms with Crippen LogP contribution in [0.5, 0.6) is 46.0 Å². The van der Waals surface area contributed by atoms with Crippen molar-refractivity contribution >= 4 is 23.9 Å². The monoisotopic (exact) mass is 806 g/mol. The van der Waals surface area contributed by atoms with E-state index in [-0.39, 0.29) is 45.3 Å². The molecule has 0 fully saturated rings. The predicted molar refractivity (Wildman–Crippen MR) is 220 cm³/mol. The van der Waals surface area contributed by atoms with Gasteiger partial charge in [0.05, 0.1) is 39.6 Å². The second kappa shape index (κ2) is 18.9. The highest BCUT2D eigenvalue weighted by Gasteiger charge is 2.22. The van der Waals surface area contributed by atoms with E-state index in [2.05, 4.69) is 11.8 Å². The first-order chi connectivity index (χ1) is 29.0. The molecule has 6 aromatic carbocycles. The summed E-state index contributed by atoms with van der Waals surface area (Å²) in [5.74, 6) is 6.09. The summed E-state index contributed by atoms with van der Waals surface area (Å²) in [5.41, 5.74) is 3.84. The smallest absolute Gasteiger partial charge is 0.347 e. The van der Waals surface area contributed by atoms with Crippen LogP contribution in [-0.2, 0) is 0 Å². The second-order valence-corrected chi connectivity index (χ2v) is 12.9. The molecule has 0 amide bonds. The Labute approximate surface area is 346 Å². The molecule has 0 atom stereocenters. The summed E-state index contributed by atoms with van der Waals surface area (Å²) >= 11 is 0. The second-order valence-electron chi connectivity index (χ2n) is 12.9. The van der Waals surface area contributed by atoms with Gasteiger partial charge in [-0.2, -0.15) is 0 Å². The number of hydrogen-bond donors (Lipinski definition) is 0. The lowest BCUT2D eigenvalue weighted by Crippen LogP contribution is -2.12. The van der Waals surface area contributed by atoms with Crippen LogP contribution in [0.3, 0.4) is 0 Å². The van der Waals surface area contributed by atoms with Crippen LogP contribution in [0.25, 0.3) is 0 Å². The van der Waals surface area contributed by atoms with Crippen LogP contribution >= 0.6 is 0 Å². The maximum Gasteiger partial charge on any atom is 0.347 e. The molecule has 0 bridgehead atoms. The Morgan fingerprint density at radius 3 is 0.933 bits per heavy atom. The number of hydrogen-bond acceptors (Lipinski definition) is 12. The van der Waals surface area contributed by atoms with Gasteiger partial charge in [0.2, 0.25) is 0 Å². The van der Waals surface area contributed by atoms with Crippen molar-refractivity contribution in [2.24, 2.45) is 0 Å². The van der Waals surface area contributed by atoms with E-state index in [9.17, 15) is 19.2 Å². The van der Waals surface area contributed by atoms with E-state index in [0.29, 0.717) is 34.1 Å². The van der Waals surface area contributed by atoms with E-state index in [0.717, 1.165) is 11.1 Å². The fraction of sp³-hybridized carbons (Fsp3) is 0.125. The first-order valence-electron chi connectivity index (χ1n) is 18.3. The van der Waals surface area contributed by atoms with Crippen molar-refractivity contribution in [1.82, 2.24) is 0 Å². The van der Waals surface area contributed by atoms with Crippen molar-refractivity contribution in [2.45, 2.75) is 13.8 Å². The van der Waals surface area contributed by atoms with Gasteiger partial charge < -0.3 is 37.9 Å². The lowest BCUT2D eigenvalue weighted by molar-refractivity contribution is 0.0717. The van der Waals surface area contributed by atoms with Crippen LogP contribution in [0.1, 0.15) is 63.7 Å². The highest BCUT2D eigenvalue weighted by molar-refractivity contribution is 5.97. The highest BCUT2D eigenvalue weighted by atomic mass is 16.6. The molecular weight excluding hydrogens is 769 g/mol. The van der Waals surface area contributed by atoms with Crippen LogP contribution in [-0.4, -0.2) is 52.3 Å². The fourth-order valence-electron chi connectivity index (χ4n) is 5.89. The number of carbonyl (C=O) groups excluding carboxylic acids is 4. The molecule has 0 aliphatic carbocycles. The fourth-order valence-corrected chi connectivity index (χ4v) is 5.89. The Hall–Kier alpha value is -8.04. The molecule has 12 nitrogen and oxygen atoms in total. The van der Waals surface area contributed by atoms with Crippen LogP contribution in [0, 0.1) is 25.7 Å². The SMILES string of the molecule is COc1c(C)ccc(C(=O)Oc2ccc(C(=O)Oc3ccc(C#Cc4ccc(OC(=O)c5ccc(OC(=O)c6ccc(C)c(OC)c6OC)cc5)cc4)cc3)cc2)c1OC. The minimum Gasteiger partial charge on any atom is -0.493 e. The Bertz CT molecular complexity index is 2420. The summed E-state index contributed by atoms with van der Waals surface area (Å²) in [7, 11) is 5.87. The van der Waals surface area contributed by atoms with E-state index >= 15 is 0 Å². The van der Waals surface area contributed by atoms with Gasteiger partial charge in [-0.25, -0.2) is 19.2 Å². The zero-order chi connectivity index (χ0) is 42.8. The zero-order valence-electron chi connectivity index (χ0n) is 33.4. The molecule has 0 aromatic heterocycles. The zero-order valence-corrected chi connectivity index (χ0v) is 33.4. The van der Waals surface area contributed by atoms with Crippen molar-refractivity contribution in [3.05, 3.63) is 166 Å². The number of ether oxygens (including phenoxy) is 8. The minimum absolute atomic E-state index is 0.195. The maximum absolute atomic E-state index is 12.9. The van der Waals surface area contributed by atoms with Crippen LogP contribution in [0.2, 0.25) is 0 Å². The molecule has 0 saturated heterocycles. The molecule has 0 aliphatic heterocycles. The standard InChI is InChI=1S/C48H38O12/c1-29-7-27-39(43(55-5)41(29)53-3)47(51)59-37-23-15-33(16-24-37)45(49)57-35-19-11-31(12-20-35)9-10-32-13-21-36(22-14-32)58-46(50)34-17-25-38(26-18-34)60-48(52)40-28-8-30(2)42(54-4)44(40)56-6/h7-8,11-28H,1-6H3. The minimum atomic E-state index is -0.645. The third kappa shape index (κ3) is 9.73. The van der Waals surface area contributed by atoms with Crippen molar-refractivity contribution in [2.75, 3.05) is 28.4 Å². The van der Waals surface area contributed by atoms with Crippen LogP contribution < -0.4 is 37.9 Å². The van der Waals surface area contributed by atoms with Crippen molar-refractivity contribution < 1.29 is 57.1 Å². The van der Waals surface area contributed by atoms with E-state index in [1.54, 1.807) is 72.8 Å². The number of methoxy groups -OCH3 is 4. The van der Waals surface area contributed by atoms with Crippen LogP contribution in [0.4, 0.5) is 0 Å². The first kappa shape index (κ1) is 41.6. The Balaban J connectivity index is 0.987. The number of aryl methyl sites for hydroxylation is 2. The Morgan fingerprint density at radius 2 is 0.633 bits per heavy atom. The molecule has 0 saturated carbocycles. The van der Waals surface area contributed by atoms with E-state index in [1.165, 1.54) is 77.0 Å². The molecule has 12 heteroatoms. The summed E-state index contributed by atoms with van der Waals surface area (Å²) in [6.45, 7) is 3.67. The third-order valence-corrected chi connectivity index (χ3v) is 8.96. The molecule has 60 heavy (non-hydrogen) atoms. The van der Waals surface area contributed by atoms with Crippen molar-refractivity contribution in [1.29, 1.82) is 0 Å². The normalized spacial score (nSPS) is 10.3. The number of benzene rings is 6. The molecule has 0 N–H and O–H groups in total. The van der Waals surface area contributed by atoms with Gasteiger partial charge in [0, 0.05) is 11.1 Å². The molecular formula is C48H38O12. The molecule has 0 heterocycles. The first-order valence-corrected chi connectivity index (χ1v) is 18.3. The molecule has 302 valence electrons. The van der Waals surface area contributed by atoms with Crippen LogP contribution in [0.15, 0.2) is 121 Å². The average Bonchev–Trinajstić information content (AvgIpc) is 3.26. The van der Waals surface area contributed by atoms with E-state index in [4.69, 9.17) is 37.9 Å². The van der Waals surface area contributed by atoms with Crippen molar-refractivity contribution in [3.8, 4) is 57.8 Å². The van der Waals surface area contributed by atoms with Gasteiger partial charge in [0.25, 0.3) is 0 Å². The van der Waals surface area contributed by atoms with Gasteiger partial charge in [0.1, 0.15) is 34.1 Å². The summed E-state index contributed by atoms with van der Waals surface area (Å²) in [4.78, 5) is 51.4.